The molecule has 0 aliphatic heterocycles. The maximum atomic E-state index is 6.99. The molecule has 28 aromatic carbocycles. The zero-order chi connectivity index (χ0) is 96.6. The third kappa shape index (κ3) is 12.1. The average molecular weight is 1880 g/mol. The third-order valence-electron chi connectivity index (χ3n) is 31.7. The Hall–Kier alpha value is -19.7. The molecule has 34 rings (SSSR count). The van der Waals surface area contributed by atoms with E-state index in [-0.39, 0.29) is 0 Å². The van der Waals surface area contributed by atoms with Gasteiger partial charge in [-0.05, 0) is 250 Å². The molecule has 0 spiro atoms. The molecule has 684 valence electrons. The predicted octanol–water partition coefficient (Wildman–Crippen LogP) is 41.4. The Bertz CT molecular complexity index is 11500. The second kappa shape index (κ2) is 31.9. The van der Waals surface area contributed by atoms with Crippen LogP contribution in [0.4, 0.5) is 0 Å². The molecular weight excluding hydrogens is 1800 g/mol. The average Bonchev–Trinajstić information content (AvgIpc) is 1.53. The van der Waals surface area contributed by atoms with Crippen LogP contribution in [-0.4, -0.2) is 0 Å². The van der Waals surface area contributed by atoms with E-state index in [4.69, 9.17) is 26.5 Å². The minimum atomic E-state index is 0.828. The molecule has 0 atom stereocenters. The minimum absolute atomic E-state index is 0.828. The number of benzene rings is 28. The van der Waals surface area contributed by atoms with Gasteiger partial charge in [-0.2, -0.15) is 0 Å². The molecule has 0 saturated heterocycles. The van der Waals surface area contributed by atoms with Crippen LogP contribution in [0.5, 0.6) is 0 Å². The van der Waals surface area contributed by atoms with E-state index in [1.807, 2.05) is 12.1 Å². The predicted molar refractivity (Wildman–Crippen MR) is 623 cm³/mol. The molecule has 0 amide bonds. The van der Waals surface area contributed by atoms with Crippen LogP contribution in [0.15, 0.2) is 512 Å². The van der Waals surface area contributed by atoms with E-state index in [9.17, 15) is 0 Å². The maximum absolute atomic E-state index is 6.99. The molecule has 0 radical (unpaired) electrons. The second-order valence-electron chi connectivity index (χ2n) is 39.4. The number of rotatable bonds is 6. The van der Waals surface area contributed by atoms with Crippen molar-refractivity contribution in [3.8, 4) is 66.8 Å². The van der Waals surface area contributed by atoms with Crippen LogP contribution in [0, 0.1) is 0 Å². The Morgan fingerprint density at radius 1 is 0.101 bits per heavy atom. The van der Waals surface area contributed by atoms with Crippen molar-refractivity contribution < 1.29 is 26.5 Å². The number of hydrogen-bond acceptors (Lipinski definition) is 6. The molecule has 0 saturated carbocycles. The molecule has 148 heavy (non-hydrogen) atoms. The van der Waals surface area contributed by atoms with Crippen molar-refractivity contribution in [2.24, 2.45) is 0 Å². The quantitative estimate of drug-likeness (QED) is 0.154. The highest BCUT2D eigenvalue weighted by molar-refractivity contribution is 6.37. The Kier molecular flexibility index (Phi) is 17.7. The highest BCUT2D eigenvalue weighted by atomic mass is 16.4. The molecule has 0 fully saturated rings. The Morgan fingerprint density at radius 3 is 0.757 bits per heavy atom. The van der Waals surface area contributed by atoms with Gasteiger partial charge in [0.1, 0.15) is 67.0 Å². The fraction of sp³-hybridized carbons (Fsp3) is 0. The van der Waals surface area contributed by atoms with E-state index >= 15 is 0 Å². The summed E-state index contributed by atoms with van der Waals surface area (Å²) in [6.07, 6.45) is 0. The molecule has 0 bridgehead atoms. The third-order valence-corrected chi connectivity index (χ3v) is 31.7. The van der Waals surface area contributed by atoms with Gasteiger partial charge in [-0.1, -0.05) is 419 Å². The van der Waals surface area contributed by atoms with Crippen molar-refractivity contribution >= 4 is 272 Å². The summed E-state index contributed by atoms with van der Waals surface area (Å²) in [5, 5.41) is 44.9. The van der Waals surface area contributed by atoms with Gasteiger partial charge >= 0.3 is 0 Å². The summed E-state index contributed by atoms with van der Waals surface area (Å²) in [4.78, 5) is 0. The molecule has 6 nitrogen and oxygen atoms in total. The van der Waals surface area contributed by atoms with Crippen molar-refractivity contribution in [1.29, 1.82) is 0 Å². The Labute approximate surface area is 844 Å². The fourth-order valence-electron chi connectivity index (χ4n) is 25.5. The van der Waals surface area contributed by atoms with E-state index in [0.717, 1.165) is 143 Å². The van der Waals surface area contributed by atoms with Crippen molar-refractivity contribution in [1.82, 2.24) is 0 Å². The van der Waals surface area contributed by atoms with Gasteiger partial charge < -0.3 is 26.5 Å². The lowest BCUT2D eigenvalue weighted by atomic mass is 9.83. The van der Waals surface area contributed by atoms with Gasteiger partial charge in [-0.25, -0.2) is 0 Å². The van der Waals surface area contributed by atoms with Crippen molar-refractivity contribution in [2.45, 2.75) is 0 Å². The zero-order valence-electron chi connectivity index (χ0n) is 79.6. The highest BCUT2D eigenvalue weighted by Gasteiger charge is 2.31. The summed E-state index contributed by atoms with van der Waals surface area (Å²) in [7, 11) is 0. The summed E-state index contributed by atoms with van der Waals surface area (Å²) in [5.74, 6) is 0. The summed E-state index contributed by atoms with van der Waals surface area (Å²) in [6, 6.07) is 174. The van der Waals surface area contributed by atoms with Gasteiger partial charge in [0.2, 0.25) is 0 Å². The van der Waals surface area contributed by atoms with Crippen molar-refractivity contribution in [3.63, 3.8) is 0 Å². The molecule has 0 unspecified atom stereocenters. The highest BCUT2D eigenvalue weighted by Crippen LogP contribution is 2.57. The molecule has 6 heteroatoms. The minimum Gasteiger partial charge on any atom is -0.456 e. The van der Waals surface area contributed by atoms with Crippen LogP contribution in [0.1, 0.15) is 0 Å². The van der Waals surface area contributed by atoms with Crippen LogP contribution >= 0.6 is 0 Å². The van der Waals surface area contributed by atoms with Gasteiger partial charge in [-0.3, -0.25) is 0 Å². The van der Waals surface area contributed by atoms with Crippen LogP contribution in [-0.2, 0) is 0 Å². The maximum Gasteiger partial charge on any atom is 0.147 e. The number of fused-ring (bicyclic) bond motifs is 36. The van der Waals surface area contributed by atoms with Gasteiger partial charge in [0.25, 0.3) is 0 Å². The van der Waals surface area contributed by atoms with Gasteiger partial charge in [-0.15, -0.1) is 0 Å². The lowest BCUT2D eigenvalue weighted by Crippen LogP contribution is -1.92. The second-order valence-corrected chi connectivity index (χ2v) is 39.4. The largest absolute Gasteiger partial charge is 0.456 e. The van der Waals surface area contributed by atoms with E-state index in [1.165, 1.54) is 196 Å². The molecule has 0 N–H and O–H groups in total. The Morgan fingerprint density at radius 2 is 0.358 bits per heavy atom. The molecule has 34 aromatic rings. The fourth-order valence-corrected chi connectivity index (χ4v) is 25.5. The summed E-state index contributed by atoms with van der Waals surface area (Å²) in [6.45, 7) is 0. The standard InChI is InChI=1S/C50H28O2.2C46H26O2/c1-3-15-31-29(12-1)14-11-23-34(31)47-36-19-7-9-21-38(36)48(39-22-10-8-20-37(39)47)40-27-46-50(35-18-6-5-17-33(35)40)42-26-41-44(28-45(42)52-46)51-43-25-24-30-13-2-4-16-32(30)49(41)43;1-2-14-28-27(12-1)13-11-22-31(28)44-33-18-5-7-20-35(33)45(36-21-8-6-19-34(36)44)38-25-43-46(32-17-4-3-15-29(32)38)39-24-37-30-16-9-10-23-40(30)47-41(37)26-42(39)48-43;1-2-14-29(15-3-1)40-32-18-8-10-20-34(32)43(35-21-11-9-19-33(35)40)44-45-36(41-30-16-6-4-12-27(30)22-24-38(41)47-45)26-37-42-31-17-7-5-13-28(31)23-25-39(42)48-46(37)44/h1-28H;2*1-26H. The lowest BCUT2D eigenvalue weighted by molar-refractivity contribution is 0.655. The first-order valence-electron chi connectivity index (χ1n) is 50.7. The summed E-state index contributed by atoms with van der Waals surface area (Å²) in [5.41, 5.74) is 24.7. The first-order valence-corrected chi connectivity index (χ1v) is 50.7. The molecule has 0 aliphatic carbocycles. The zero-order valence-corrected chi connectivity index (χ0v) is 79.6. The van der Waals surface area contributed by atoms with Crippen LogP contribution in [0.25, 0.3) is 338 Å². The van der Waals surface area contributed by atoms with E-state index in [0.29, 0.717) is 0 Å². The normalized spacial score (nSPS) is 12.2. The van der Waals surface area contributed by atoms with Gasteiger partial charge in [0.05, 0.1) is 5.56 Å². The van der Waals surface area contributed by atoms with Crippen molar-refractivity contribution in [3.05, 3.63) is 485 Å². The van der Waals surface area contributed by atoms with Gasteiger partial charge in [0.15, 0.2) is 0 Å². The molecule has 6 aromatic heterocycles. The SMILES string of the molecule is c1ccc(-c2c3ccccc3c(-c3c4oc5ccc6ccccc6c5c4cc4c3oc3ccc5ccccc5c34)c3ccccc23)cc1.c1ccc2c(-c3c4ccccc4c(-c4cc5oc6cc7oc8ccc9ccccc9c8c7cc6c5c5ccccc45)c4ccccc34)cccc2c1.c1ccc2c(-c3c4ccccc4c(-c4cc5oc6cc7oc8ccccc8c7cc6c5c5ccccc45)c4ccccc34)cccc2c1. The molecular formula is C142H80O6. The monoisotopic (exact) mass is 1880 g/mol. The summed E-state index contributed by atoms with van der Waals surface area (Å²) >= 11 is 0. The molecule has 0 aliphatic rings. The van der Waals surface area contributed by atoms with Crippen molar-refractivity contribution in [2.75, 3.05) is 0 Å². The van der Waals surface area contributed by atoms with E-state index in [2.05, 4.69) is 473 Å². The summed E-state index contributed by atoms with van der Waals surface area (Å²) < 4.78 is 40.2. The van der Waals surface area contributed by atoms with Gasteiger partial charge in [0, 0.05) is 82.3 Å². The number of hydrogen-bond donors (Lipinski definition) is 0. The first kappa shape index (κ1) is 82.0. The number of para-hydroxylation sites is 1. The lowest BCUT2D eigenvalue weighted by Gasteiger charge is -2.19. The smallest absolute Gasteiger partial charge is 0.147 e. The number of furan rings is 6. The van der Waals surface area contributed by atoms with E-state index in [1.54, 1.807) is 0 Å². The molecule has 6 heterocycles. The van der Waals surface area contributed by atoms with Crippen LogP contribution in [0.2, 0.25) is 0 Å². The Balaban J connectivity index is 0.0000000985. The topological polar surface area (TPSA) is 78.8 Å². The van der Waals surface area contributed by atoms with E-state index < -0.39 is 0 Å². The van der Waals surface area contributed by atoms with Crippen LogP contribution < -0.4 is 0 Å². The van der Waals surface area contributed by atoms with Crippen LogP contribution in [0.3, 0.4) is 0 Å². The first-order chi connectivity index (χ1) is 73.4.